The molecule has 0 spiro atoms. The van der Waals surface area contributed by atoms with Gasteiger partial charge in [-0.05, 0) is 13.0 Å². The molecule has 0 amide bonds. The van der Waals surface area contributed by atoms with Crippen molar-refractivity contribution in [3.8, 4) is 23.3 Å². The first-order chi connectivity index (χ1) is 16.3. The van der Waals surface area contributed by atoms with Crippen molar-refractivity contribution in [1.29, 1.82) is 0 Å². The molecule has 0 saturated heterocycles. The predicted octanol–water partition coefficient (Wildman–Crippen LogP) is 2.87. The summed E-state index contributed by atoms with van der Waals surface area (Å²) >= 11 is 5.99. The van der Waals surface area contributed by atoms with Crippen LogP contribution in [0.15, 0.2) is 40.1 Å². The molecule has 0 bridgehead atoms. The molecule has 2 aromatic heterocycles. The molecule has 15 heteroatoms. The van der Waals surface area contributed by atoms with Gasteiger partial charge in [-0.3, -0.25) is 9.36 Å². The van der Waals surface area contributed by atoms with E-state index in [4.69, 9.17) is 21.1 Å². The van der Waals surface area contributed by atoms with Gasteiger partial charge in [0.1, 0.15) is 11.5 Å². The molecule has 0 aliphatic rings. The van der Waals surface area contributed by atoms with Crippen LogP contribution in [0.1, 0.15) is 12.6 Å². The van der Waals surface area contributed by atoms with E-state index >= 15 is 0 Å². The molecule has 2 heterocycles. The van der Waals surface area contributed by atoms with Crippen LogP contribution in [0, 0.1) is 5.82 Å². The van der Waals surface area contributed by atoms with Crippen molar-refractivity contribution in [3.63, 3.8) is 0 Å². The minimum atomic E-state index is -4.99. The molecular weight excluding hydrogens is 504 g/mol. The molecule has 1 atom stereocenters. The summed E-state index contributed by atoms with van der Waals surface area (Å²) in [4.78, 5) is 44.0. The number of carbonyl (C=O) groups excluding carboxylic acids is 1. The molecule has 35 heavy (non-hydrogen) atoms. The fraction of sp³-hybridized carbons (Fsp3) is 0.250. The smallest absolute Gasteiger partial charge is 0.431 e. The van der Waals surface area contributed by atoms with Gasteiger partial charge >= 0.3 is 23.8 Å². The standard InChI is InChI=1S/C20H15ClF4N4O6/c1-9(17(31)33-3)34-15-4-5-26-18(27-15)35-13-7-12(11(22)6-10(13)21)29-16(30)8-14(20(23,24)25)28(2)19(29)32/h4-9H,1-3H3. The number of alkyl halides is 3. The third-order valence-corrected chi connectivity index (χ3v) is 4.79. The number of ether oxygens (including phenoxy) is 3. The lowest BCUT2D eigenvalue weighted by molar-refractivity contribution is -0.148. The zero-order valence-corrected chi connectivity index (χ0v) is 18.8. The van der Waals surface area contributed by atoms with Crippen molar-refractivity contribution in [2.24, 2.45) is 7.05 Å². The molecule has 0 N–H and O–H groups in total. The van der Waals surface area contributed by atoms with E-state index in [2.05, 4.69) is 14.7 Å². The second-order valence-corrected chi connectivity index (χ2v) is 7.25. The van der Waals surface area contributed by atoms with E-state index in [1.807, 2.05) is 0 Å². The van der Waals surface area contributed by atoms with Crippen LogP contribution in [0.4, 0.5) is 17.6 Å². The maximum Gasteiger partial charge on any atom is 0.431 e. The van der Waals surface area contributed by atoms with E-state index in [1.165, 1.54) is 26.3 Å². The number of hydrogen-bond donors (Lipinski definition) is 0. The van der Waals surface area contributed by atoms with Crippen LogP contribution in [0.5, 0.6) is 17.6 Å². The first kappa shape index (κ1) is 25.7. The molecule has 3 rings (SSSR count). The Morgan fingerprint density at radius 2 is 1.89 bits per heavy atom. The maximum absolute atomic E-state index is 14.6. The predicted molar refractivity (Wildman–Crippen MR) is 111 cm³/mol. The number of esters is 1. The lowest BCUT2D eigenvalue weighted by Gasteiger charge is -2.15. The van der Waals surface area contributed by atoms with Crippen molar-refractivity contribution < 1.29 is 36.6 Å². The number of halogens is 5. The van der Waals surface area contributed by atoms with Crippen LogP contribution in [-0.2, 0) is 22.8 Å². The van der Waals surface area contributed by atoms with Crippen LogP contribution in [0.2, 0.25) is 5.02 Å². The first-order valence-electron chi connectivity index (χ1n) is 9.48. The number of methoxy groups -OCH3 is 1. The summed E-state index contributed by atoms with van der Waals surface area (Å²) in [6.45, 7) is 1.40. The monoisotopic (exact) mass is 518 g/mol. The molecular formula is C20H15ClF4N4O6. The Morgan fingerprint density at radius 3 is 2.51 bits per heavy atom. The summed E-state index contributed by atoms with van der Waals surface area (Å²) in [6, 6.07) is 2.58. The number of nitrogens with zero attached hydrogens (tertiary/aromatic N) is 4. The van der Waals surface area contributed by atoms with Gasteiger partial charge in [-0.2, -0.15) is 18.2 Å². The van der Waals surface area contributed by atoms with Gasteiger partial charge in [0.15, 0.2) is 11.9 Å². The Labute approximate surface area is 198 Å². The topological polar surface area (TPSA) is 115 Å². The molecule has 10 nitrogen and oxygen atoms in total. The average Bonchev–Trinajstić information content (AvgIpc) is 2.78. The maximum atomic E-state index is 14.6. The summed E-state index contributed by atoms with van der Waals surface area (Å²) in [5, 5.41) is -0.333. The number of aromatic nitrogens is 4. The number of hydrogen-bond acceptors (Lipinski definition) is 8. The quantitative estimate of drug-likeness (QED) is 0.361. The van der Waals surface area contributed by atoms with E-state index in [-0.39, 0.29) is 37.9 Å². The number of benzene rings is 1. The fourth-order valence-electron chi connectivity index (χ4n) is 2.82. The van der Waals surface area contributed by atoms with Gasteiger partial charge < -0.3 is 14.2 Å². The van der Waals surface area contributed by atoms with Crippen LogP contribution >= 0.6 is 11.6 Å². The van der Waals surface area contributed by atoms with Gasteiger partial charge in [-0.1, -0.05) is 11.6 Å². The SMILES string of the molecule is COC(=O)C(C)Oc1ccnc(Oc2cc(-n3c(=O)cc(C(F)(F)F)n(C)c3=O)c(F)cc2Cl)n1. The second-order valence-electron chi connectivity index (χ2n) is 6.84. The summed E-state index contributed by atoms with van der Waals surface area (Å²) < 4.78 is 69.5. The van der Waals surface area contributed by atoms with E-state index in [0.29, 0.717) is 6.07 Å². The number of carbonyl (C=O) groups is 1. The summed E-state index contributed by atoms with van der Waals surface area (Å²) in [5.74, 6) is -2.30. The molecule has 0 radical (unpaired) electrons. The number of rotatable bonds is 6. The van der Waals surface area contributed by atoms with Crippen LogP contribution in [-0.4, -0.2) is 38.3 Å². The van der Waals surface area contributed by atoms with Crippen LogP contribution in [0.3, 0.4) is 0 Å². The average molecular weight is 519 g/mol. The highest BCUT2D eigenvalue weighted by Crippen LogP contribution is 2.32. The van der Waals surface area contributed by atoms with Crippen LogP contribution < -0.4 is 20.7 Å². The Balaban J connectivity index is 2.03. The fourth-order valence-corrected chi connectivity index (χ4v) is 3.01. The third kappa shape index (κ3) is 5.42. The Bertz CT molecular complexity index is 1410. The van der Waals surface area contributed by atoms with Crippen molar-refractivity contribution in [1.82, 2.24) is 19.1 Å². The van der Waals surface area contributed by atoms with Crippen molar-refractivity contribution in [2.75, 3.05) is 7.11 Å². The van der Waals surface area contributed by atoms with E-state index in [0.717, 1.165) is 13.1 Å². The third-order valence-electron chi connectivity index (χ3n) is 4.49. The molecule has 0 aliphatic carbocycles. The molecule has 0 saturated carbocycles. The van der Waals surface area contributed by atoms with Gasteiger partial charge in [-0.15, -0.1) is 0 Å². The lowest BCUT2D eigenvalue weighted by atomic mass is 10.2. The highest BCUT2D eigenvalue weighted by Gasteiger charge is 2.35. The highest BCUT2D eigenvalue weighted by atomic mass is 35.5. The molecule has 1 aromatic carbocycles. The van der Waals surface area contributed by atoms with Crippen molar-refractivity contribution in [2.45, 2.75) is 19.2 Å². The van der Waals surface area contributed by atoms with Gasteiger partial charge in [0.2, 0.25) is 5.88 Å². The molecule has 3 aromatic rings. The first-order valence-corrected chi connectivity index (χ1v) is 9.86. The van der Waals surface area contributed by atoms with Gasteiger partial charge in [0, 0.05) is 31.4 Å². The minimum Gasteiger partial charge on any atom is -0.466 e. The van der Waals surface area contributed by atoms with Crippen LogP contribution in [0.25, 0.3) is 5.69 Å². The van der Waals surface area contributed by atoms with E-state index in [1.54, 1.807) is 0 Å². The molecule has 0 aliphatic heterocycles. The zero-order chi connectivity index (χ0) is 26.1. The van der Waals surface area contributed by atoms with Crippen molar-refractivity contribution >= 4 is 17.6 Å². The van der Waals surface area contributed by atoms with E-state index in [9.17, 15) is 31.9 Å². The van der Waals surface area contributed by atoms with Gasteiger partial charge in [0.25, 0.3) is 5.56 Å². The molecule has 0 fully saturated rings. The summed E-state index contributed by atoms with van der Waals surface area (Å²) in [7, 11) is 1.95. The second kappa shape index (κ2) is 9.74. The summed E-state index contributed by atoms with van der Waals surface area (Å²) in [6.07, 6.45) is -4.81. The minimum absolute atomic E-state index is 0.0980. The Hall–Kier alpha value is -3.94. The highest BCUT2D eigenvalue weighted by molar-refractivity contribution is 6.32. The van der Waals surface area contributed by atoms with Gasteiger partial charge in [0.05, 0.1) is 17.8 Å². The largest absolute Gasteiger partial charge is 0.466 e. The lowest BCUT2D eigenvalue weighted by Crippen LogP contribution is -2.41. The molecule has 186 valence electrons. The zero-order valence-electron chi connectivity index (χ0n) is 18.1. The summed E-state index contributed by atoms with van der Waals surface area (Å²) in [5.41, 5.74) is -5.13. The Morgan fingerprint density at radius 1 is 1.20 bits per heavy atom. The normalized spacial score (nSPS) is 12.2. The van der Waals surface area contributed by atoms with E-state index < -0.39 is 46.7 Å². The van der Waals surface area contributed by atoms with Crippen molar-refractivity contribution in [3.05, 3.63) is 67.8 Å². The van der Waals surface area contributed by atoms with Gasteiger partial charge in [-0.25, -0.2) is 23.5 Å². The molecule has 1 unspecified atom stereocenters. The Kier molecular flexibility index (Phi) is 7.14.